The predicted molar refractivity (Wildman–Crippen MR) is 84.3 cm³/mol. The zero-order valence-corrected chi connectivity index (χ0v) is 13.5. The summed E-state index contributed by atoms with van der Waals surface area (Å²) in [6.45, 7) is 8.33. The van der Waals surface area contributed by atoms with Gasteiger partial charge in [-0.2, -0.15) is 0 Å². The lowest BCUT2D eigenvalue weighted by Gasteiger charge is -2.40. The molecule has 0 aliphatic heterocycles. The van der Waals surface area contributed by atoms with Gasteiger partial charge in [0, 0.05) is 6.04 Å². The van der Waals surface area contributed by atoms with E-state index in [0.29, 0.717) is 0 Å². The summed E-state index contributed by atoms with van der Waals surface area (Å²) in [4.78, 5) is 0. The third-order valence-electron chi connectivity index (χ3n) is 5.91. The molecule has 3 atom stereocenters. The lowest BCUT2D eigenvalue weighted by molar-refractivity contribution is 0.145. The Morgan fingerprint density at radius 1 is 0.842 bits per heavy atom. The minimum Gasteiger partial charge on any atom is -0.313 e. The fourth-order valence-corrected chi connectivity index (χ4v) is 4.11. The van der Waals surface area contributed by atoms with E-state index < -0.39 is 0 Å². The Kier molecular flexibility index (Phi) is 6.19. The molecule has 2 fully saturated rings. The van der Waals surface area contributed by atoms with Gasteiger partial charge in [-0.15, -0.1) is 0 Å². The van der Waals surface area contributed by atoms with E-state index in [2.05, 4.69) is 26.1 Å². The summed E-state index contributed by atoms with van der Waals surface area (Å²) in [5.41, 5.74) is 0. The first kappa shape index (κ1) is 15.4. The van der Waals surface area contributed by atoms with Gasteiger partial charge in [-0.3, -0.25) is 0 Å². The molecule has 2 aliphatic rings. The van der Waals surface area contributed by atoms with Gasteiger partial charge in [-0.25, -0.2) is 0 Å². The van der Waals surface area contributed by atoms with E-state index in [4.69, 9.17) is 0 Å². The first-order valence-electron chi connectivity index (χ1n) is 8.92. The predicted octanol–water partition coefficient (Wildman–Crippen LogP) is 5.01. The molecule has 112 valence electrons. The monoisotopic (exact) mass is 265 g/mol. The second kappa shape index (κ2) is 7.67. The van der Waals surface area contributed by atoms with Crippen LogP contribution in [0.3, 0.4) is 0 Å². The summed E-state index contributed by atoms with van der Waals surface area (Å²) in [6.07, 6.45) is 13.4. The Morgan fingerprint density at radius 3 is 2.16 bits per heavy atom. The van der Waals surface area contributed by atoms with Gasteiger partial charge in [0.2, 0.25) is 0 Å². The largest absolute Gasteiger partial charge is 0.313 e. The molecule has 0 heterocycles. The maximum atomic E-state index is 3.95. The molecule has 2 aliphatic carbocycles. The van der Waals surface area contributed by atoms with Gasteiger partial charge in [0.15, 0.2) is 0 Å². The maximum Gasteiger partial charge on any atom is 0.00980 e. The Morgan fingerprint density at radius 2 is 1.47 bits per heavy atom. The van der Waals surface area contributed by atoms with Crippen LogP contribution in [-0.4, -0.2) is 12.6 Å². The second-order valence-corrected chi connectivity index (χ2v) is 7.58. The quantitative estimate of drug-likeness (QED) is 0.737. The van der Waals surface area contributed by atoms with Gasteiger partial charge in [-0.05, 0) is 43.1 Å². The minimum absolute atomic E-state index is 0.809. The molecular formula is C18H35N. The van der Waals surface area contributed by atoms with Gasteiger partial charge in [-0.1, -0.05) is 65.7 Å². The summed E-state index contributed by atoms with van der Waals surface area (Å²) in [6, 6.07) is 0.832. The summed E-state index contributed by atoms with van der Waals surface area (Å²) < 4.78 is 0. The average molecular weight is 265 g/mol. The van der Waals surface area contributed by atoms with Crippen molar-refractivity contribution < 1.29 is 0 Å². The fourth-order valence-electron chi connectivity index (χ4n) is 4.11. The molecule has 0 radical (unpaired) electrons. The molecule has 3 unspecified atom stereocenters. The van der Waals surface area contributed by atoms with Gasteiger partial charge < -0.3 is 5.32 Å². The molecule has 0 aromatic carbocycles. The van der Waals surface area contributed by atoms with Gasteiger partial charge in [0.05, 0.1) is 0 Å². The van der Waals surface area contributed by atoms with Crippen molar-refractivity contribution in [3.8, 4) is 0 Å². The summed E-state index contributed by atoms with van der Waals surface area (Å²) in [5, 5.41) is 3.95. The third-order valence-corrected chi connectivity index (χ3v) is 5.91. The van der Waals surface area contributed by atoms with Crippen LogP contribution < -0.4 is 5.32 Å². The zero-order chi connectivity index (χ0) is 13.7. The van der Waals surface area contributed by atoms with E-state index in [1.54, 1.807) is 0 Å². The van der Waals surface area contributed by atoms with E-state index in [1.807, 2.05) is 0 Å². The maximum absolute atomic E-state index is 3.95. The topological polar surface area (TPSA) is 12.0 Å². The van der Waals surface area contributed by atoms with Crippen molar-refractivity contribution in [2.75, 3.05) is 6.54 Å². The lowest BCUT2D eigenvalue weighted by Crippen LogP contribution is -2.44. The molecule has 19 heavy (non-hydrogen) atoms. The molecule has 2 rings (SSSR count). The highest BCUT2D eigenvalue weighted by atomic mass is 14.9. The minimum atomic E-state index is 0.809. The van der Waals surface area contributed by atoms with Crippen molar-refractivity contribution in [2.24, 2.45) is 23.7 Å². The number of nitrogens with one attached hydrogen (secondary N) is 1. The highest BCUT2D eigenvalue weighted by Gasteiger charge is 2.32. The van der Waals surface area contributed by atoms with Crippen LogP contribution in [0.2, 0.25) is 0 Å². The summed E-state index contributed by atoms with van der Waals surface area (Å²) in [7, 11) is 0. The number of rotatable bonds is 5. The smallest absolute Gasteiger partial charge is 0.00980 e. The average Bonchev–Trinajstić information content (AvgIpc) is 2.46. The second-order valence-electron chi connectivity index (χ2n) is 7.58. The highest BCUT2D eigenvalue weighted by molar-refractivity contribution is 4.87. The van der Waals surface area contributed by atoms with Crippen molar-refractivity contribution in [1.29, 1.82) is 0 Å². The molecule has 2 saturated carbocycles. The molecule has 1 N–H and O–H groups in total. The van der Waals surface area contributed by atoms with E-state index in [1.165, 1.54) is 64.3 Å². The van der Waals surface area contributed by atoms with E-state index in [9.17, 15) is 0 Å². The number of hydrogen-bond acceptors (Lipinski definition) is 1. The zero-order valence-electron chi connectivity index (χ0n) is 13.5. The normalized spacial score (nSPS) is 31.6. The van der Waals surface area contributed by atoms with Crippen LogP contribution in [0.5, 0.6) is 0 Å². The SMILES string of the molecule is CC(C)C(C)CNC1CCCCC1C1CCCCC1. The Balaban J connectivity index is 1.84. The molecule has 0 spiro atoms. The van der Waals surface area contributed by atoms with Crippen LogP contribution in [0.4, 0.5) is 0 Å². The molecule has 0 bridgehead atoms. The molecule has 0 amide bonds. The van der Waals surface area contributed by atoms with Crippen molar-refractivity contribution >= 4 is 0 Å². The van der Waals surface area contributed by atoms with Crippen LogP contribution >= 0.6 is 0 Å². The van der Waals surface area contributed by atoms with Crippen molar-refractivity contribution in [2.45, 2.75) is 84.6 Å². The molecule has 1 nitrogen and oxygen atoms in total. The first-order chi connectivity index (χ1) is 9.18. The van der Waals surface area contributed by atoms with Gasteiger partial charge >= 0.3 is 0 Å². The molecular weight excluding hydrogens is 230 g/mol. The fraction of sp³-hybridized carbons (Fsp3) is 1.00. The molecule has 1 heteroatoms. The Labute approximate surface area is 120 Å². The first-order valence-corrected chi connectivity index (χ1v) is 8.92. The van der Waals surface area contributed by atoms with Crippen LogP contribution in [0.1, 0.15) is 78.6 Å². The lowest BCUT2D eigenvalue weighted by atomic mass is 9.71. The van der Waals surface area contributed by atoms with Gasteiger partial charge in [0.25, 0.3) is 0 Å². The Hall–Kier alpha value is -0.0400. The Bertz CT molecular complexity index is 242. The summed E-state index contributed by atoms with van der Waals surface area (Å²) >= 11 is 0. The molecule has 0 aromatic rings. The van der Waals surface area contributed by atoms with Crippen LogP contribution in [0, 0.1) is 23.7 Å². The van der Waals surface area contributed by atoms with Crippen molar-refractivity contribution in [1.82, 2.24) is 5.32 Å². The standard InChI is InChI=1S/C18H35N/c1-14(2)15(3)13-19-18-12-8-7-11-17(18)16-9-5-4-6-10-16/h14-19H,4-13H2,1-3H3. The highest BCUT2D eigenvalue weighted by Crippen LogP contribution is 2.38. The van der Waals surface area contributed by atoms with Crippen LogP contribution in [-0.2, 0) is 0 Å². The van der Waals surface area contributed by atoms with Crippen molar-refractivity contribution in [3.05, 3.63) is 0 Å². The van der Waals surface area contributed by atoms with E-state index in [0.717, 1.165) is 29.7 Å². The molecule has 0 aromatic heterocycles. The number of hydrogen-bond donors (Lipinski definition) is 1. The van der Waals surface area contributed by atoms with Gasteiger partial charge in [0.1, 0.15) is 0 Å². The third kappa shape index (κ3) is 4.48. The summed E-state index contributed by atoms with van der Waals surface area (Å²) in [5.74, 6) is 3.66. The molecule has 0 saturated heterocycles. The van der Waals surface area contributed by atoms with Crippen LogP contribution in [0.15, 0.2) is 0 Å². The van der Waals surface area contributed by atoms with E-state index >= 15 is 0 Å². The van der Waals surface area contributed by atoms with E-state index in [-0.39, 0.29) is 0 Å². The van der Waals surface area contributed by atoms with Crippen LogP contribution in [0.25, 0.3) is 0 Å². The van der Waals surface area contributed by atoms with Crippen molar-refractivity contribution in [3.63, 3.8) is 0 Å².